The maximum Gasteiger partial charge on any atom is 0.142 e. The van der Waals surface area contributed by atoms with Crippen LogP contribution in [0.25, 0.3) is 0 Å². The number of hydrogen-bond donors (Lipinski definition) is 1. The van der Waals surface area contributed by atoms with Crippen LogP contribution in [0.3, 0.4) is 0 Å². The minimum Gasteiger partial charge on any atom is -0.489 e. The quantitative estimate of drug-likeness (QED) is 0.628. The van der Waals surface area contributed by atoms with Crippen LogP contribution in [0.15, 0.2) is 12.1 Å². The van der Waals surface area contributed by atoms with E-state index in [0.29, 0.717) is 48.8 Å². The molecule has 0 fully saturated rings. The molecule has 120 valence electrons. The Hall–Kier alpha value is -0.520. The van der Waals surface area contributed by atoms with E-state index in [1.807, 2.05) is 6.07 Å². The number of ether oxygens (including phenoxy) is 3. The zero-order valence-corrected chi connectivity index (χ0v) is 14.1. The summed E-state index contributed by atoms with van der Waals surface area (Å²) in [7, 11) is 1.64. The second kappa shape index (κ2) is 11.1. The Kier molecular flexibility index (Phi) is 9.79. The second-order valence-electron chi connectivity index (χ2n) is 4.51. The molecule has 0 aliphatic rings. The van der Waals surface area contributed by atoms with Crippen LogP contribution < -0.4 is 10.1 Å². The van der Waals surface area contributed by atoms with Gasteiger partial charge in [0.2, 0.25) is 0 Å². The Balaban J connectivity index is 2.53. The molecule has 1 rings (SSSR count). The van der Waals surface area contributed by atoms with E-state index in [2.05, 4.69) is 12.2 Å². The lowest BCUT2D eigenvalue weighted by Crippen LogP contribution is -2.16. The lowest BCUT2D eigenvalue weighted by Gasteiger charge is -2.14. The molecule has 0 saturated carbocycles. The second-order valence-corrected chi connectivity index (χ2v) is 5.35. The first-order chi connectivity index (χ1) is 10.2. The number of halogens is 2. The SMILES string of the molecule is CCCNCc1cc(Cl)cc(Cl)c1OCCOCCOC. The molecule has 0 spiro atoms. The highest BCUT2D eigenvalue weighted by molar-refractivity contribution is 6.35. The predicted octanol–water partition coefficient (Wildman–Crippen LogP) is 3.53. The van der Waals surface area contributed by atoms with Crippen molar-refractivity contribution in [1.82, 2.24) is 5.32 Å². The highest BCUT2D eigenvalue weighted by Crippen LogP contribution is 2.32. The zero-order valence-electron chi connectivity index (χ0n) is 12.6. The van der Waals surface area contributed by atoms with Gasteiger partial charge in [-0.25, -0.2) is 0 Å². The van der Waals surface area contributed by atoms with E-state index in [1.54, 1.807) is 13.2 Å². The number of hydrogen-bond acceptors (Lipinski definition) is 4. The lowest BCUT2D eigenvalue weighted by molar-refractivity contribution is 0.0543. The van der Waals surface area contributed by atoms with Crippen LogP contribution in [0.1, 0.15) is 18.9 Å². The molecule has 0 aliphatic heterocycles. The van der Waals surface area contributed by atoms with E-state index < -0.39 is 0 Å². The highest BCUT2D eigenvalue weighted by Gasteiger charge is 2.10. The summed E-state index contributed by atoms with van der Waals surface area (Å²) in [4.78, 5) is 0. The molecule has 4 nitrogen and oxygen atoms in total. The van der Waals surface area contributed by atoms with Crippen LogP contribution in [0.5, 0.6) is 5.75 Å². The summed E-state index contributed by atoms with van der Waals surface area (Å²) in [6, 6.07) is 3.56. The van der Waals surface area contributed by atoms with Gasteiger partial charge in [0.05, 0.1) is 24.8 Å². The van der Waals surface area contributed by atoms with Crippen molar-refractivity contribution >= 4 is 23.2 Å². The first-order valence-electron chi connectivity index (χ1n) is 7.07. The predicted molar refractivity (Wildman–Crippen MR) is 86.6 cm³/mol. The molecule has 0 aliphatic carbocycles. The van der Waals surface area contributed by atoms with Gasteiger partial charge in [0, 0.05) is 24.2 Å². The van der Waals surface area contributed by atoms with Crippen molar-refractivity contribution in [2.24, 2.45) is 0 Å². The molecule has 0 unspecified atom stereocenters. The summed E-state index contributed by atoms with van der Waals surface area (Å²) in [5, 5.41) is 4.45. The van der Waals surface area contributed by atoms with Crippen molar-refractivity contribution in [3.63, 3.8) is 0 Å². The molecule has 6 heteroatoms. The number of benzene rings is 1. The average Bonchev–Trinajstić information content (AvgIpc) is 2.45. The van der Waals surface area contributed by atoms with Gasteiger partial charge in [-0.3, -0.25) is 0 Å². The van der Waals surface area contributed by atoms with Crippen molar-refractivity contribution in [1.29, 1.82) is 0 Å². The Bertz CT molecular complexity index is 416. The summed E-state index contributed by atoms with van der Waals surface area (Å²) < 4.78 is 16.0. The Morgan fingerprint density at radius 3 is 2.57 bits per heavy atom. The first-order valence-corrected chi connectivity index (χ1v) is 7.82. The summed E-state index contributed by atoms with van der Waals surface area (Å²) in [6.07, 6.45) is 1.07. The fourth-order valence-corrected chi connectivity index (χ4v) is 2.34. The molecule has 1 aromatic rings. The van der Waals surface area contributed by atoms with Crippen molar-refractivity contribution in [3.8, 4) is 5.75 Å². The standard InChI is InChI=1S/C15H23Cl2NO3/c1-3-4-18-11-12-9-13(16)10-14(17)15(12)21-8-7-20-6-5-19-2/h9-10,18H,3-8,11H2,1-2H3. The van der Waals surface area contributed by atoms with Crippen LogP contribution in [-0.2, 0) is 16.0 Å². The smallest absolute Gasteiger partial charge is 0.142 e. The molecule has 21 heavy (non-hydrogen) atoms. The van der Waals surface area contributed by atoms with Gasteiger partial charge in [0.15, 0.2) is 0 Å². The van der Waals surface area contributed by atoms with Crippen LogP contribution in [0, 0.1) is 0 Å². The third-order valence-corrected chi connectivity index (χ3v) is 3.23. The van der Waals surface area contributed by atoms with Crippen LogP contribution in [0.4, 0.5) is 0 Å². The Morgan fingerprint density at radius 1 is 1.10 bits per heavy atom. The largest absolute Gasteiger partial charge is 0.489 e. The van der Waals surface area contributed by atoms with Crippen molar-refractivity contribution in [2.45, 2.75) is 19.9 Å². The molecule has 1 aromatic carbocycles. The molecular weight excluding hydrogens is 313 g/mol. The van der Waals surface area contributed by atoms with Gasteiger partial charge >= 0.3 is 0 Å². The lowest BCUT2D eigenvalue weighted by atomic mass is 10.2. The third-order valence-electron chi connectivity index (χ3n) is 2.73. The van der Waals surface area contributed by atoms with Crippen LogP contribution in [0.2, 0.25) is 10.0 Å². The molecule has 0 heterocycles. The Labute approximate surface area is 136 Å². The number of rotatable bonds is 11. The number of methoxy groups -OCH3 is 1. The Morgan fingerprint density at radius 2 is 1.86 bits per heavy atom. The highest BCUT2D eigenvalue weighted by atomic mass is 35.5. The summed E-state index contributed by atoms with van der Waals surface area (Å²) in [5.74, 6) is 0.667. The van der Waals surface area contributed by atoms with Gasteiger partial charge in [-0.15, -0.1) is 0 Å². The van der Waals surface area contributed by atoms with Gasteiger partial charge < -0.3 is 19.5 Å². The summed E-state index contributed by atoms with van der Waals surface area (Å²) >= 11 is 12.3. The van der Waals surface area contributed by atoms with Crippen molar-refractivity contribution < 1.29 is 14.2 Å². The monoisotopic (exact) mass is 335 g/mol. The van der Waals surface area contributed by atoms with Gasteiger partial charge in [0.25, 0.3) is 0 Å². The fourth-order valence-electron chi connectivity index (χ4n) is 1.75. The van der Waals surface area contributed by atoms with E-state index >= 15 is 0 Å². The fraction of sp³-hybridized carbons (Fsp3) is 0.600. The molecule has 0 atom stereocenters. The van der Waals surface area contributed by atoms with Crippen LogP contribution in [-0.4, -0.2) is 40.1 Å². The summed E-state index contributed by atoms with van der Waals surface area (Å²) in [6.45, 7) is 5.79. The minimum absolute atomic E-state index is 0.436. The van der Waals surface area contributed by atoms with Crippen molar-refractivity contribution in [3.05, 3.63) is 27.7 Å². The molecule has 0 bridgehead atoms. The molecule has 1 N–H and O–H groups in total. The average molecular weight is 336 g/mol. The van der Waals surface area contributed by atoms with Gasteiger partial charge in [0.1, 0.15) is 12.4 Å². The molecule has 0 radical (unpaired) electrons. The van der Waals surface area contributed by atoms with Crippen LogP contribution >= 0.6 is 23.2 Å². The molecule has 0 aromatic heterocycles. The number of nitrogens with one attached hydrogen (secondary N) is 1. The normalized spacial score (nSPS) is 10.9. The van der Waals surface area contributed by atoms with Gasteiger partial charge in [-0.1, -0.05) is 30.1 Å². The van der Waals surface area contributed by atoms with E-state index in [-0.39, 0.29) is 0 Å². The zero-order chi connectivity index (χ0) is 15.5. The molecule has 0 saturated heterocycles. The first kappa shape index (κ1) is 18.5. The minimum atomic E-state index is 0.436. The third kappa shape index (κ3) is 7.34. The maximum atomic E-state index is 6.21. The maximum absolute atomic E-state index is 6.21. The molecular formula is C15H23Cl2NO3. The topological polar surface area (TPSA) is 39.7 Å². The van der Waals surface area contributed by atoms with E-state index in [4.69, 9.17) is 37.4 Å². The van der Waals surface area contributed by atoms with Gasteiger partial charge in [-0.05, 0) is 25.1 Å². The summed E-state index contributed by atoms with van der Waals surface area (Å²) in [5.41, 5.74) is 0.956. The molecule has 0 amide bonds. The van der Waals surface area contributed by atoms with E-state index in [0.717, 1.165) is 18.5 Å². The van der Waals surface area contributed by atoms with Gasteiger partial charge in [-0.2, -0.15) is 0 Å². The van der Waals surface area contributed by atoms with Crippen molar-refractivity contribution in [2.75, 3.05) is 40.1 Å². The van der Waals surface area contributed by atoms with E-state index in [1.165, 1.54) is 0 Å². The van der Waals surface area contributed by atoms with E-state index in [9.17, 15) is 0 Å².